The van der Waals surface area contributed by atoms with Gasteiger partial charge in [-0.25, -0.2) is 5.43 Å². The van der Waals surface area contributed by atoms with E-state index in [1.807, 2.05) is 62.4 Å². The van der Waals surface area contributed by atoms with E-state index in [0.29, 0.717) is 0 Å². The fourth-order valence-corrected chi connectivity index (χ4v) is 2.22. The van der Waals surface area contributed by atoms with Crippen LogP contribution in [0.4, 0.5) is 5.69 Å². The monoisotopic (exact) mass is 373 g/mol. The number of nitrogens with one attached hydrogen (secondary N) is 2. The average molecular weight is 374 g/mol. The second-order valence-corrected chi connectivity index (χ2v) is 6.33. The number of aryl methyl sites for hydroxylation is 1. The Kier molecular flexibility index (Phi) is 5.93. The summed E-state index contributed by atoms with van der Waals surface area (Å²) in [7, 11) is 0. The molecule has 2 rings (SSSR count). The number of hydrogen-bond acceptors (Lipinski definition) is 3. The summed E-state index contributed by atoms with van der Waals surface area (Å²) in [5.74, 6) is -0.179. The smallest absolute Gasteiger partial charge is 0.262 e. The molecule has 23 heavy (non-hydrogen) atoms. The van der Waals surface area contributed by atoms with Crippen molar-refractivity contribution in [3.8, 4) is 0 Å². The van der Waals surface area contributed by atoms with Crippen molar-refractivity contribution < 1.29 is 4.79 Å². The summed E-state index contributed by atoms with van der Waals surface area (Å²) in [6.45, 7) is 5.70. The van der Waals surface area contributed by atoms with Crippen LogP contribution in [0, 0.1) is 6.92 Å². The van der Waals surface area contributed by atoms with Crippen molar-refractivity contribution >= 4 is 33.2 Å². The van der Waals surface area contributed by atoms with Crippen molar-refractivity contribution in [2.24, 2.45) is 5.10 Å². The van der Waals surface area contributed by atoms with E-state index in [1.165, 1.54) is 5.56 Å². The first-order valence-corrected chi connectivity index (χ1v) is 8.18. The van der Waals surface area contributed by atoms with Crippen molar-refractivity contribution in [2.75, 3.05) is 5.32 Å². The van der Waals surface area contributed by atoms with Gasteiger partial charge in [-0.15, -0.1) is 0 Å². The molecule has 2 aromatic rings. The molecule has 0 aliphatic heterocycles. The van der Waals surface area contributed by atoms with Crippen LogP contribution in [0.1, 0.15) is 25.0 Å². The van der Waals surface area contributed by atoms with E-state index in [2.05, 4.69) is 31.8 Å². The number of carbonyl (C=O) groups is 1. The summed E-state index contributed by atoms with van der Waals surface area (Å²) in [5.41, 5.74) is 6.42. The molecule has 1 unspecified atom stereocenters. The number of hydrogen-bond donors (Lipinski definition) is 2. The van der Waals surface area contributed by atoms with E-state index < -0.39 is 0 Å². The quantitative estimate of drug-likeness (QED) is 0.612. The number of hydrazone groups is 1. The molecule has 5 heteroatoms. The van der Waals surface area contributed by atoms with Gasteiger partial charge in [0.25, 0.3) is 5.91 Å². The number of anilines is 1. The Hall–Kier alpha value is -2.14. The van der Waals surface area contributed by atoms with Crippen LogP contribution in [0.5, 0.6) is 0 Å². The predicted molar refractivity (Wildman–Crippen MR) is 98.8 cm³/mol. The Morgan fingerprint density at radius 2 is 1.70 bits per heavy atom. The summed E-state index contributed by atoms with van der Waals surface area (Å²) in [4.78, 5) is 12.1. The Balaban J connectivity index is 1.93. The second-order valence-electron chi connectivity index (χ2n) is 5.41. The Bertz CT molecular complexity index is 693. The summed E-state index contributed by atoms with van der Waals surface area (Å²) >= 11 is 3.39. The first-order chi connectivity index (χ1) is 11.0. The minimum absolute atomic E-state index is 0.179. The van der Waals surface area contributed by atoms with Gasteiger partial charge in [-0.3, -0.25) is 4.79 Å². The van der Waals surface area contributed by atoms with Crippen LogP contribution in [-0.2, 0) is 4.79 Å². The molecule has 2 aromatic carbocycles. The molecule has 0 saturated heterocycles. The van der Waals surface area contributed by atoms with Crippen molar-refractivity contribution in [2.45, 2.75) is 26.8 Å². The van der Waals surface area contributed by atoms with Gasteiger partial charge in [-0.2, -0.15) is 5.10 Å². The first kappa shape index (κ1) is 17.2. The highest BCUT2D eigenvalue weighted by Crippen LogP contribution is 2.11. The summed E-state index contributed by atoms with van der Waals surface area (Å²) in [5, 5.41) is 7.31. The minimum Gasteiger partial charge on any atom is -0.374 e. The van der Waals surface area contributed by atoms with Crippen LogP contribution in [0.2, 0.25) is 0 Å². The minimum atomic E-state index is -0.376. The Morgan fingerprint density at radius 3 is 2.30 bits per heavy atom. The lowest BCUT2D eigenvalue weighted by Crippen LogP contribution is -2.35. The van der Waals surface area contributed by atoms with Gasteiger partial charge in [-0.05, 0) is 50.6 Å². The number of carbonyl (C=O) groups excluding carboxylic acids is 1. The highest BCUT2D eigenvalue weighted by atomic mass is 79.9. The van der Waals surface area contributed by atoms with Gasteiger partial charge >= 0.3 is 0 Å². The maximum Gasteiger partial charge on any atom is 0.262 e. The molecule has 120 valence electrons. The Labute approximate surface area is 145 Å². The van der Waals surface area contributed by atoms with Crippen LogP contribution in [-0.4, -0.2) is 17.7 Å². The lowest BCUT2D eigenvalue weighted by Gasteiger charge is -2.14. The van der Waals surface area contributed by atoms with Gasteiger partial charge in [0.1, 0.15) is 6.04 Å². The molecule has 0 heterocycles. The molecule has 0 aliphatic carbocycles. The lowest BCUT2D eigenvalue weighted by molar-refractivity contribution is -0.121. The highest BCUT2D eigenvalue weighted by Gasteiger charge is 2.12. The van der Waals surface area contributed by atoms with Crippen molar-refractivity contribution in [3.05, 3.63) is 64.1 Å². The molecule has 0 saturated carbocycles. The first-order valence-electron chi connectivity index (χ1n) is 7.39. The summed E-state index contributed by atoms with van der Waals surface area (Å²) in [6, 6.07) is 15.3. The van der Waals surface area contributed by atoms with Crippen LogP contribution < -0.4 is 10.7 Å². The van der Waals surface area contributed by atoms with Gasteiger partial charge in [0.2, 0.25) is 0 Å². The third-order valence-electron chi connectivity index (χ3n) is 3.42. The van der Waals surface area contributed by atoms with Crippen molar-refractivity contribution in [1.82, 2.24) is 5.43 Å². The van der Waals surface area contributed by atoms with E-state index in [1.54, 1.807) is 6.92 Å². The van der Waals surface area contributed by atoms with Crippen LogP contribution in [0.25, 0.3) is 0 Å². The molecular weight excluding hydrogens is 354 g/mol. The van der Waals surface area contributed by atoms with Gasteiger partial charge in [-0.1, -0.05) is 45.8 Å². The third-order valence-corrected chi connectivity index (χ3v) is 3.95. The zero-order valence-electron chi connectivity index (χ0n) is 13.4. The number of rotatable bonds is 5. The van der Waals surface area contributed by atoms with E-state index in [-0.39, 0.29) is 11.9 Å². The summed E-state index contributed by atoms with van der Waals surface area (Å²) < 4.78 is 1.01. The number of nitrogens with zero attached hydrogens (tertiary/aromatic N) is 1. The molecule has 1 atom stereocenters. The van der Waals surface area contributed by atoms with E-state index >= 15 is 0 Å². The molecule has 0 aromatic heterocycles. The molecular formula is C18H20BrN3O. The van der Waals surface area contributed by atoms with E-state index in [9.17, 15) is 4.79 Å². The van der Waals surface area contributed by atoms with E-state index in [0.717, 1.165) is 21.4 Å². The maximum absolute atomic E-state index is 12.1. The summed E-state index contributed by atoms with van der Waals surface area (Å²) in [6.07, 6.45) is 0. The van der Waals surface area contributed by atoms with Crippen molar-refractivity contribution in [3.63, 3.8) is 0 Å². The third kappa shape index (κ3) is 5.21. The molecule has 0 spiro atoms. The van der Waals surface area contributed by atoms with Gasteiger partial charge in [0, 0.05) is 10.2 Å². The normalized spacial score (nSPS) is 12.6. The number of amides is 1. The molecule has 0 fully saturated rings. The topological polar surface area (TPSA) is 53.5 Å². The number of benzene rings is 2. The zero-order chi connectivity index (χ0) is 16.8. The second kappa shape index (κ2) is 7.92. The van der Waals surface area contributed by atoms with Crippen molar-refractivity contribution in [1.29, 1.82) is 0 Å². The average Bonchev–Trinajstić information content (AvgIpc) is 2.55. The molecule has 4 nitrogen and oxygen atoms in total. The molecule has 0 bridgehead atoms. The fraction of sp³-hybridized carbons (Fsp3) is 0.222. The van der Waals surface area contributed by atoms with Crippen LogP contribution in [0.15, 0.2) is 58.1 Å². The fourth-order valence-electron chi connectivity index (χ4n) is 1.96. The molecule has 1 amide bonds. The Morgan fingerprint density at radius 1 is 1.09 bits per heavy atom. The number of halogens is 1. The van der Waals surface area contributed by atoms with Gasteiger partial charge in [0.15, 0.2) is 0 Å². The van der Waals surface area contributed by atoms with Crippen LogP contribution >= 0.6 is 15.9 Å². The molecule has 0 radical (unpaired) electrons. The highest BCUT2D eigenvalue weighted by molar-refractivity contribution is 9.10. The molecule has 2 N–H and O–H groups in total. The standard InChI is InChI=1S/C18H20BrN3O/c1-12-4-10-17(11-5-12)20-14(3)18(23)22-21-13(2)15-6-8-16(19)9-7-15/h4-11,14,20H,1-3H3,(H,22,23). The predicted octanol–water partition coefficient (Wildman–Crippen LogP) is 4.10. The van der Waals surface area contributed by atoms with Gasteiger partial charge < -0.3 is 5.32 Å². The SMILES string of the molecule is CC(=NNC(=O)C(C)Nc1ccc(C)cc1)c1ccc(Br)cc1. The van der Waals surface area contributed by atoms with Gasteiger partial charge in [0.05, 0.1) is 5.71 Å². The largest absolute Gasteiger partial charge is 0.374 e. The zero-order valence-corrected chi connectivity index (χ0v) is 15.0. The maximum atomic E-state index is 12.1. The molecule has 0 aliphatic rings. The lowest BCUT2D eigenvalue weighted by atomic mass is 10.1. The van der Waals surface area contributed by atoms with E-state index in [4.69, 9.17) is 0 Å². The van der Waals surface area contributed by atoms with Crippen LogP contribution in [0.3, 0.4) is 0 Å².